The van der Waals surface area contributed by atoms with Crippen LogP contribution >= 0.6 is 0 Å². The minimum atomic E-state index is -0.248. The first-order chi connectivity index (χ1) is 11.8. The van der Waals surface area contributed by atoms with Gasteiger partial charge < -0.3 is 20.1 Å². The molecule has 2 N–H and O–H groups in total. The van der Waals surface area contributed by atoms with Gasteiger partial charge in [-0.25, -0.2) is 0 Å². The van der Waals surface area contributed by atoms with Crippen molar-refractivity contribution in [3.8, 4) is 5.75 Å². The summed E-state index contributed by atoms with van der Waals surface area (Å²) in [4.78, 5) is 12.1. The summed E-state index contributed by atoms with van der Waals surface area (Å²) in [5.41, 5.74) is 1.06. The summed E-state index contributed by atoms with van der Waals surface area (Å²) in [6.07, 6.45) is 2.13. The molecular formula is C17H20N4O3. The highest BCUT2D eigenvalue weighted by molar-refractivity contribution is 5.92. The summed E-state index contributed by atoms with van der Waals surface area (Å²) >= 11 is 0. The molecule has 1 aliphatic rings. The molecule has 2 heterocycles. The molecule has 3 rings (SSSR count). The Morgan fingerprint density at radius 3 is 2.88 bits per heavy atom. The first-order valence-corrected chi connectivity index (χ1v) is 7.90. The molecule has 7 heteroatoms. The van der Waals surface area contributed by atoms with Gasteiger partial charge in [-0.15, -0.1) is 10.2 Å². The second kappa shape index (κ2) is 7.74. The Morgan fingerprint density at radius 2 is 2.17 bits per heavy atom. The van der Waals surface area contributed by atoms with Crippen molar-refractivity contribution in [2.45, 2.75) is 18.9 Å². The number of benzene rings is 1. The number of anilines is 2. The van der Waals surface area contributed by atoms with Crippen LogP contribution in [0.4, 0.5) is 11.5 Å². The monoisotopic (exact) mass is 328 g/mol. The highest BCUT2D eigenvalue weighted by Gasteiger charge is 2.17. The number of amides is 1. The van der Waals surface area contributed by atoms with Gasteiger partial charge in [-0.05, 0) is 37.1 Å². The molecule has 1 atom stereocenters. The molecule has 1 aromatic carbocycles. The molecule has 2 aromatic rings. The zero-order valence-electron chi connectivity index (χ0n) is 13.5. The Bertz CT molecular complexity index is 684. The lowest BCUT2D eigenvalue weighted by Gasteiger charge is -2.11. The zero-order valence-corrected chi connectivity index (χ0v) is 13.5. The molecule has 0 radical (unpaired) electrons. The van der Waals surface area contributed by atoms with Gasteiger partial charge in [0.2, 0.25) is 0 Å². The van der Waals surface area contributed by atoms with Crippen LogP contribution in [0.25, 0.3) is 0 Å². The molecule has 0 aliphatic carbocycles. The first-order valence-electron chi connectivity index (χ1n) is 7.90. The largest absolute Gasteiger partial charge is 0.495 e. The summed E-state index contributed by atoms with van der Waals surface area (Å²) in [6, 6.07) is 10.9. The van der Waals surface area contributed by atoms with Crippen molar-refractivity contribution in [1.82, 2.24) is 15.5 Å². The van der Waals surface area contributed by atoms with Gasteiger partial charge in [0.05, 0.1) is 18.9 Å². The van der Waals surface area contributed by atoms with Crippen LogP contribution in [0.15, 0.2) is 36.4 Å². The molecule has 0 bridgehead atoms. The van der Waals surface area contributed by atoms with Gasteiger partial charge in [-0.2, -0.15) is 0 Å². The topological polar surface area (TPSA) is 85.4 Å². The van der Waals surface area contributed by atoms with Crippen molar-refractivity contribution in [2.75, 3.05) is 25.6 Å². The third-order valence-corrected chi connectivity index (χ3v) is 3.78. The lowest BCUT2D eigenvalue weighted by atomic mass is 10.2. The molecule has 1 saturated heterocycles. The molecule has 1 amide bonds. The van der Waals surface area contributed by atoms with Crippen LogP contribution in [-0.2, 0) is 4.74 Å². The summed E-state index contributed by atoms with van der Waals surface area (Å²) < 4.78 is 10.7. The summed E-state index contributed by atoms with van der Waals surface area (Å²) in [5, 5.41) is 13.9. The van der Waals surface area contributed by atoms with Crippen LogP contribution in [0, 0.1) is 0 Å². The van der Waals surface area contributed by atoms with E-state index in [2.05, 4.69) is 20.8 Å². The molecule has 1 fully saturated rings. The molecule has 0 saturated carbocycles. The van der Waals surface area contributed by atoms with Gasteiger partial charge in [0.25, 0.3) is 5.91 Å². The first kappa shape index (κ1) is 16.2. The van der Waals surface area contributed by atoms with Crippen LogP contribution in [0.2, 0.25) is 0 Å². The Kier molecular flexibility index (Phi) is 5.22. The average molecular weight is 328 g/mol. The number of rotatable bonds is 6. The zero-order chi connectivity index (χ0) is 16.8. The van der Waals surface area contributed by atoms with E-state index in [4.69, 9.17) is 9.47 Å². The minimum Gasteiger partial charge on any atom is -0.495 e. The van der Waals surface area contributed by atoms with Crippen LogP contribution < -0.4 is 15.4 Å². The lowest BCUT2D eigenvalue weighted by Crippen LogP contribution is -2.32. The van der Waals surface area contributed by atoms with Crippen molar-refractivity contribution in [2.24, 2.45) is 0 Å². The van der Waals surface area contributed by atoms with E-state index in [-0.39, 0.29) is 17.7 Å². The highest BCUT2D eigenvalue weighted by atomic mass is 16.5. The highest BCUT2D eigenvalue weighted by Crippen LogP contribution is 2.25. The van der Waals surface area contributed by atoms with Crippen molar-refractivity contribution < 1.29 is 14.3 Å². The molecule has 0 spiro atoms. The Hall–Kier alpha value is -2.67. The van der Waals surface area contributed by atoms with Crippen LogP contribution in [0.3, 0.4) is 0 Å². The fraction of sp³-hybridized carbons (Fsp3) is 0.353. The second-order valence-corrected chi connectivity index (χ2v) is 5.47. The maximum atomic E-state index is 12.1. The summed E-state index contributed by atoms with van der Waals surface area (Å²) in [7, 11) is 1.60. The van der Waals surface area contributed by atoms with Crippen molar-refractivity contribution in [3.63, 3.8) is 0 Å². The average Bonchev–Trinajstić information content (AvgIpc) is 3.14. The Morgan fingerprint density at radius 1 is 1.29 bits per heavy atom. The van der Waals surface area contributed by atoms with Crippen LogP contribution in [-0.4, -0.2) is 42.5 Å². The number of aromatic nitrogens is 2. The fourth-order valence-electron chi connectivity index (χ4n) is 2.51. The summed E-state index contributed by atoms with van der Waals surface area (Å²) in [6.45, 7) is 1.27. The maximum absolute atomic E-state index is 12.1. The SMILES string of the molecule is COc1ccccc1Nc1ccc(C(=O)NCC2CCCO2)nn1. The van der Waals surface area contributed by atoms with E-state index in [0.29, 0.717) is 18.1 Å². The molecule has 7 nitrogen and oxygen atoms in total. The molecule has 126 valence electrons. The van der Waals surface area contributed by atoms with Crippen molar-refractivity contribution in [1.29, 1.82) is 0 Å². The number of nitrogens with zero attached hydrogens (tertiary/aromatic N) is 2. The third kappa shape index (κ3) is 3.99. The van der Waals surface area contributed by atoms with Gasteiger partial charge >= 0.3 is 0 Å². The lowest BCUT2D eigenvalue weighted by molar-refractivity contribution is 0.0853. The summed E-state index contributed by atoms with van der Waals surface area (Å²) in [5.74, 6) is 0.995. The van der Waals surface area contributed by atoms with E-state index in [1.54, 1.807) is 19.2 Å². The number of ether oxygens (including phenoxy) is 2. The molecular weight excluding hydrogens is 308 g/mol. The van der Waals surface area contributed by atoms with E-state index in [9.17, 15) is 4.79 Å². The number of methoxy groups -OCH3 is 1. The maximum Gasteiger partial charge on any atom is 0.271 e. The molecule has 1 unspecified atom stereocenters. The van der Waals surface area contributed by atoms with Gasteiger partial charge in [-0.3, -0.25) is 4.79 Å². The van der Waals surface area contributed by atoms with E-state index < -0.39 is 0 Å². The number of carbonyl (C=O) groups is 1. The van der Waals surface area contributed by atoms with Gasteiger partial charge in [-0.1, -0.05) is 12.1 Å². The van der Waals surface area contributed by atoms with Gasteiger partial charge in [0.15, 0.2) is 11.5 Å². The normalized spacial score (nSPS) is 16.6. The van der Waals surface area contributed by atoms with Gasteiger partial charge in [0.1, 0.15) is 5.75 Å². The fourth-order valence-corrected chi connectivity index (χ4v) is 2.51. The molecule has 24 heavy (non-hydrogen) atoms. The predicted molar refractivity (Wildman–Crippen MR) is 89.6 cm³/mol. The van der Waals surface area contributed by atoms with E-state index in [1.165, 1.54) is 0 Å². The van der Waals surface area contributed by atoms with E-state index in [1.807, 2.05) is 24.3 Å². The van der Waals surface area contributed by atoms with Crippen LogP contribution in [0.1, 0.15) is 23.3 Å². The van der Waals surface area contributed by atoms with Crippen molar-refractivity contribution in [3.05, 3.63) is 42.1 Å². The van der Waals surface area contributed by atoms with Gasteiger partial charge in [0, 0.05) is 13.2 Å². The smallest absolute Gasteiger partial charge is 0.271 e. The number of carbonyl (C=O) groups excluding carboxylic acids is 1. The third-order valence-electron chi connectivity index (χ3n) is 3.78. The molecule has 1 aromatic heterocycles. The van der Waals surface area contributed by atoms with E-state index >= 15 is 0 Å². The predicted octanol–water partition coefficient (Wildman–Crippen LogP) is 2.14. The number of hydrogen-bond acceptors (Lipinski definition) is 6. The number of hydrogen-bond donors (Lipinski definition) is 2. The Balaban J connectivity index is 1.59. The second-order valence-electron chi connectivity index (χ2n) is 5.47. The number of nitrogens with one attached hydrogen (secondary N) is 2. The molecule has 1 aliphatic heterocycles. The van der Waals surface area contributed by atoms with Crippen LogP contribution in [0.5, 0.6) is 5.75 Å². The Labute approximate surface area is 140 Å². The standard InChI is InChI=1S/C17H20N4O3/c1-23-15-7-3-2-6-13(15)19-16-9-8-14(20-21-16)17(22)18-11-12-5-4-10-24-12/h2-3,6-9,12H,4-5,10-11H2,1H3,(H,18,22)(H,19,21). The van der Waals surface area contributed by atoms with Crippen molar-refractivity contribution >= 4 is 17.4 Å². The number of para-hydroxylation sites is 2. The quantitative estimate of drug-likeness (QED) is 0.845. The van der Waals surface area contributed by atoms with E-state index in [0.717, 1.165) is 25.1 Å². The minimum absolute atomic E-state index is 0.105.